The number of alkyl halides is 3. The standard InChI is InChI=1S/C10H12F3NO3S/c11-10(12,13)7-17-5-6-18(15,16)9-4-2-1-3-8(9)14/h1-4H,5-7,14H2. The lowest BCUT2D eigenvalue weighted by Crippen LogP contribution is -2.21. The molecule has 1 aromatic rings. The summed E-state index contributed by atoms with van der Waals surface area (Å²) in [6.45, 7) is -2.00. The molecule has 0 amide bonds. The predicted molar refractivity (Wildman–Crippen MR) is 59.8 cm³/mol. The van der Waals surface area contributed by atoms with Gasteiger partial charge in [0, 0.05) is 0 Å². The number of nitrogen functional groups attached to an aromatic ring is 1. The number of rotatable bonds is 5. The van der Waals surface area contributed by atoms with Gasteiger partial charge in [-0.05, 0) is 12.1 Å². The maximum atomic E-state index is 11.8. The van der Waals surface area contributed by atoms with E-state index in [0.29, 0.717) is 0 Å². The largest absolute Gasteiger partial charge is 0.411 e. The summed E-state index contributed by atoms with van der Waals surface area (Å²) in [5.74, 6) is -0.544. The Labute approximate surface area is 102 Å². The Hall–Kier alpha value is -1.28. The van der Waals surface area contributed by atoms with Crippen LogP contribution < -0.4 is 5.73 Å². The first kappa shape index (κ1) is 14.8. The van der Waals surface area contributed by atoms with Crippen LogP contribution in [0.3, 0.4) is 0 Å². The minimum absolute atomic E-state index is 0.0633. The number of nitrogens with two attached hydrogens (primary N) is 1. The first-order chi connectivity index (χ1) is 8.22. The number of ether oxygens (including phenoxy) is 1. The maximum Gasteiger partial charge on any atom is 0.411 e. The van der Waals surface area contributed by atoms with Crippen molar-refractivity contribution in [2.24, 2.45) is 0 Å². The third kappa shape index (κ3) is 4.53. The van der Waals surface area contributed by atoms with Gasteiger partial charge in [0.05, 0.1) is 22.9 Å². The average Bonchev–Trinajstić information content (AvgIpc) is 2.24. The van der Waals surface area contributed by atoms with Gasteiger partial charge in [-0.3, -0.25) is 0 Å². The molecule has 0 bridgehead atoms. The van der Waals surface area contributed by atoms with Crippen LogP contribution in [0, 0.1) is 0 Å². The fourth-order valence-corrected chi connectivity index (χ4v) is 2.50. The Morgan fingerprint density at radius 2 is 1.83 bits per heavy atom. The van der Waals surface area contributed by atoms with Crippen LogP contribution >= 0.6 is 0 Å². The molecule has 0 atom stereocenters. The summed E-state index contributed by atoms with van der Waals surface area (Å²) in [5.41, 5.74) is 5.54. The van der Waals surface area contributed by atoms with Crippen LogP contribution in [0.4, 0.5) is 18.9 Å². The lowest BCUT2D eigenvalue weighted by molar-refractivity contribution is -0.172. The van der Waals surface area contributed by atoms with Crippen molar-refractivity contribution in [2.75, 3.05) is 24.7 Å². The van der Waals surface area contributed by atoms with Crippen LogP contribution in [0.15, 0.2) is 29.2 Å². The molecule has 0 aliphatic heterocycles. The highest BCUT2D eigenvalue weighted by Crippen LogP contribution is 2.19. The number of halogens is 3. The van der Waals surface area contributed by atoms with Gasteiger partial charge in [-0.1, -0.05) is 12.1 Å². The molecule has 4 nitrogen and oxygen atoms in total. The lowest BCUT2D eigenvalue weighted by atomic mass is 10.3. The predicted octanol–water partition coefficient (Wildman–Crippen LogP) is 1.62. The molecule has 0 radical (unpaired) electrons. The molecule has 1 aromatic carbocycles. The van der Waals surface area contributed by atoms with Gasteiger partial charge in [0.15, 0.2) is 9.84 Å². The van der Waals surface area contributed by atoms with Gasteiger partial charge >= 0.3 is 6.18 Å². The Balaban J connectivity index is 2.59. The highest BCUT2D eigenvalue weighted by molar-refractivity contribution is 7.91. The van der Waals surface area contributed by atoms with Gasteiger partial charge < -0.3 is 10.5 Å². The fraction of sp³-hybridized carbons (Fsp3) is 0.400. The molecule has 0 aromatic heterocycles. The molecule has 0 aliphatic rings. The summed E-state index contributed by atoms with van der Waals surface area (Å²) in [4.78, 5) is -0.0967. The van der Waals surface area contributed by atoms with Crippen LogP contribution in [0.2, 0.25) is 0 Å². The van der Waals surface area contributed by atoms with Crippen molar-refractivity contribution in [1.29, 1.82) is 0 Å². The molecule has 102 valence electrons. The fourth-order valence-electron chi connectivity index (χ4n) is 1.23. The number of sulfone groups is 1. The van der Waals surface area contributed by atoms with Crippen molar-refractivity contribution in [3.8, 4) is 0 Å². The van der Waals surface area contributed by atoms with Gasteiger partial charge in [0.25, 0.3) is 0 Å². The molecule has 0 aliphatic carbocycles. The van der Waals surface area contributed by atoms with E-state index in [9.17, 15) is 21.6 Å². The molecule has 18 heavy (non-hydrogen) atoms. The summed E-state index contributed by atoms with van der Waals surface area (Å²) in [6, 6.07) is 5.76. The monoisotopic (exact) mass is 283 g/mol. The van der Waals surface area contributed by atoms with Crippen molar-refractivity contribution in [3.05, 3.63) is 24.3 Å². The lowest BCUT2D eigenvalue weighted by Gasteiger charge is -2.09. The minimum atomic E-state index is -4.46. The van der Waals surface area contributed by atoms with Crippen molar-refractivity contribution in [1.82, 2.24) is 0 Å². The van der Waals surface area contributed by atoms with Crippen molar-refractivity contribution < 1.29 is 26.3 Å². The quantitative estimate of drug-likeness (QED) is 0.658. The van der Waals surface area contributed by atoms with E-state index in [-0.39, 0.29) is 10.6 Å². The summed E-state index contributed by atoms with van der Waals surface area (Å²) >= 11 is 0. The Morgan fingerprint density at radius 1 is 1.22 bits per heavy atom. The molecule has 0 saturated heterocycles. The van der Waals surface area contributed by atoms with E-state index in [1.54, 1.807) is 6.07 Å². The topological polar surface area (TPSA) is 69.4 Å². The second-order valence-corrected chi connectivity index (χ2v) is 5.60. The maximum absolute atomic E-state index is 11.8. The molecule has 0 saturated carbocycles. The number of hydrogen-bond donors (Lipinski definition) is 1. The molecule has 0 unspecified atom stereocenters. The van der Waals surface area contributed by atoms with Gasteiger partial charge in [-0.2, -0.15) is 13.2 Å². The summed E-state index contributed by atoms with van der Waals surface area (Å²) < 4.78 is 63.0. The molecule has 0 fully saturated rings. The summed E-state index contributed by atoms with van der Waals surface area (Å²) in [7, 11) is -3.73. The van der Waals surface area contributed by atoms with Crippen molar-refractivity contribution in [2.45, 2.75) is 11.1 Å². The van der Waals surface area contributed by atoms with E-state index in [0.717, 1.165) is 0 Å². The SMILES string of the molecule is Nc1ccccc1S(=O)(=O)CCOCC(F)(F)F. The molecule has 0 heterocycles. The van der Waals surface area contributed by atoms with Crippen LogP contribution in [-0.4, -0.2) is 33.6 Å². The first-order valence-electron chi connectivity index (χ1n) is 4.94. The highest BCUT2D eigenvalue weighted by Gasteiger charge is 2.27. The van der Waals surface area contributed by atoms with Crippen LogP contribution in [0.25, 0.3) is 0 Å². The van der Waals surface area contributed by atoms with E-state index in [2.05, 4.69) is 4.74 Å². The minimum Gasteiger partial charge on any atom is -0.398 e. The second-order valence-electron chi connectivity index (χ2n) is 3.52. The molecular formula is C10H12F3NO3S. The molecule has 8 heteroatoms. The van der Waals surface area contributed by atoms with E-state index in [4.69, 9.17) is 5.73 Å². The Kier molecular flexibility index (Phi) is 4.58. The van der Waals surface area contributed by atoms with E-state index < -0.39 is 35.0 Å². The van der Waals surface area contributed by atoms with Gasteiger partial charge in [-0.15, -0.1) is 0 Å². The van der Waals surface area contributed by atoms with Crippen molar-refractivity contribution >= 4 is 15.5 Å². The summed E-state index contributed by atoms with van der Waals surface area (Å²) in [5, 5.41) is 0. The average molecular weight is 283 g/mol. The normalized spacial score (nSPS) is 12.6. The Bertz CT molecular complexity index is 499. The second kappa shape index (κ2) is 5.57. The van der Waals surface area contributed by atoms with Crippen LogP contribution in [-0.2, 0) is 14.6 Å². The zero-order valence-electron chi connectivity index (χ0n) is 9.27. The molecule has 1 rings (SSSR count). The van der Waals surface area contributed by atoms with Crippen molar-refractivity contribution in [3.63, 3.8) is 0 Å². The summed E-state index contributed by atoms with van der Waals surface area (Å²) in [6.07, 6.45) is -4.46. The Morgan fingerprint density at radius 3 is 2.39 bits per heavy atom. The van der Waals surface area contributed by atoms with Gasteiger partial charge in [0.2, 0.25) is 0 Å². The zero-order chi connectivity index (χ0) is 13.8. The number of para-hydroxylation sites is 1. The highest BCUT2D eigenvalue weighted by atomic mass is 32.2. The third-order valence-corrected chi connectivity index (χ3v) is 3.76. The van der Waals surface area contributed by atoms with Crippen LogP contribution in [0.1, 0.15) is 0 Å². The number of hydrogen-bond acceptors (Lipinski definition) is 4. The number of anilines is 1. The first-order valence-corrected chi connectivity index (χ1v) is 6.59. The van der Waals surface area contributed by atoms with E-state index in [1.165, 1.54) is 18.2 Å². The molecule has 0 spiro atoms. The van der Waals surface area contributed by atoms with Gasteiger partial charge in [0.1, 0.15) is 6.61 Å². The van der Waals surface area contributed by atoms with Crippen LogP contribution in [0.5, 0.6) is 0 Å². The van der Waals surface area contributed by atoms with Gasteiger partial charge in [-0.25, -0.2) is 8.42 Å². The molecular weight excluding hydrogens is 271 g/mol. The molecule has 2 N–H and O–H groups in total. The van der Waals surface area contributed by atoms with E-state index in [1.807, 2.05) is 0 Å². The number of benzene rings is 1. The smallest absolute Gasteiger partial charge is 0.398 e. The van der Waals surface area contributed by atoms with E-state index >= 15 is 0 Å². The zero-order valence-corrected chi connectivity index (χ0v) is 10.1. The third-order valence-electron chi connectivity index (χ3n) is 2.02.